The second kappa shape index (κ2) is 7.72. The van der Waals surface area contributed by atoms with E-state index in [2.05, 4.69) is 11.6 Å². The van der Waals surface area contributed by atoms with E-state index in [4.69, 9.17) is 0 Å². The number of hydrogen-bond acceptors (Lipinski definition) is 3. The second-order valence-corrected chi connectivity index (χ2v) is 9.11. The first-order chi connectivity index (χ1) is 12.8. The maximum atomic E-state index is 12.9. The van der Waals surface area contributed by atoms with Crippen molar-refractivity contribution in [3.63, 3.8) is 0 Å². The van der Waals surface area contributed by atoms with Crippen LogP contribution in [0, 0.1) is 19.8 Å². The van der Waals surface area contributed by atoms with E-state index in [1.165, 1.54) is 6.07 Å². The number of carbonyl (C=O) groups excluding carboxylic acids is 1. The molecule has 1 aliphatic heterocycles. The number of sulfonamides is 1. The van der Waals surface area contributed by atoms with Crippen molar-refractivity contribution in [3.05, 3.63) is 59.2 Å². The van der Waals surface area contributed by atoms with Crippen LogP contribution in [-0.2, 0) is 10.0 Å². The van der Waals surface area contributed by atoms with Crippen LogP contribution < -0.4 is 4.72 Å². The van der Waals surface area contributed by atoms with E-state index in [0.29, 0.717) is 17.2 Å². The average Bonchev–Trinajstić information content (AvgIpc) is 2.61. The van der Waals surface area contributed by atoms with Gasteiger partial charge in [0, 0.05) is 24.3 Å². The summed E-state index contributed by atoms with van der Waals surface area (Å²) in [5, 5.41) is 0. The highest BCUT2D eigenvalue weighted by molar-refractivity contribution is 7.92. The predicted octanol–water partition coefficient (Wildman–Crippen LogP) is 3.98. The topological polar surface area (TPSA) is 66.5 Å². The Morgan fingerprint density at radius 1 is 1.07 bits per heavy atom. The zero-order valence-corrected chi connectivity index (χ0v) is 16.8. The standard InChI is InChI=1S/C21H26N2O3S/c1-15-9-11-23(12-10-15)21(24)20-14-19(8-7-17(20)3)27(25,26)22-18-6-4-5-16(2)13-18/h4-8,13-15,22H,9-12H2,1-3H3. The van der Waals surface area contributed by atoms with E-state index >= 15 is 0 Å². The summed E-state index contributed by atoms with van der Waals surface area (Å²) in [6, 6.07) is 11.9. The van der Waals surface area contributed by atoms with Gasteiger partial charge in [0.1, 0.15) is 0 Å². The van der Waals surface area contributed by atoms with Crippen molar-refractivity contribution < 1.29 is 13.2 Å². The Hall–Kier alpha value is -2.34. The van der Waals surface area contributed by atoms with Gasteiger partial charge in [-0.1, -0.05) is 25.1 Å². The SMILES string of the molecule is Cc1cccc(NS(=O)(=O)c2ccc(C)c(C(=O)N3CCC(C)CC3)c2)c1. The van der Waals surface area contributed by atoms with Gasteiger partial charge < -0.3 is 4.90 Å². The molecule has 0 atom stereocenters. The van der Waals surface area contributed by atoms with E-state index in [1.54, 1.807) is 30.3 Å². The molecule has 5 nitrogen and oxygen atoms in total. The second-order valence-electron chi connectivity index (χ2n) is 7.43. The van der Waals surface area contributed by atoms with Crippen molar-refractivity contribution in [2.75, 3.05) is 17.8 Å². The van der Waals surface area contributed by atoms with Crippen LogP contribution in [0.15, 0.2) is 47.4 Å². The Balaban J connectivity index is 1.87. The Kier molecular flexibility index (Phi) is 5.56. The normalized spacial score (nSPS) is 15.6. The minimum absolute atomic E-state index is 0.0907. The molecule has 27 heavy (non-hydrogen) atoms. The summed E-state index contributed by atoms with van der Waals surface area (Å²) in [6.07, 6.45) is 1.97. The fourth-order valence-corrected chi connectivity index (χ4v) is 4.38. The smallest absolute Gasteiger partial charge is 0.261 e. The summed E-state index contributed by atoms with van der Waals surface area (Å²) in [6.45, 7) is 7.37. The van der Waals surface area contributed by atoms with Crippen molar-refractivity contribution in [2.45, 2.75) is 38.5 Å². The van der Waals surface area contributed by atoms with E-state index < -0.39 is 10.0 Å². The van der Waals surface area contributed by atoms with Crippen LogP contribution >= 0.6 is 0 Å². The Labute approximate surface area is 161 Å². The van der Waals surface area contributed by atoms with E-state index in [9.17, 15) is 13.2 Å². The van der Waals surface area contributed by atoms with Crippen LogP contribution in [0.3, 0.4) is 0 Å². The van der Waals surface area contributed by atoms with Gasteiger partial charge in [-0.3, -0.25) is 9.52 Å². The van der Waals surface area contributed by atoms with Gasteiger partial charge >= 0.3 is 0 Å². The average molecular weight is 387 g/mol. The molecule has 2 aromatic carbocycles. The van der Waals surface area contributed by atoms with Gasteiger partial charge in [0.25, 0.3) is 15.9 Å². The first-order valence-corrected chi connectivity index (χ1v) is 10.7. The molecule has 3 rings (SSSR count). The van der Waals surface area contributed by atoms with Gasteiger partial charge in [0.05, 0.1) is 4.90 Å². The number of piperidine rings is 1. The summed E-state index contributed by atoms with van der Waals surface area (Å²) in [4.78, 5) is 14.8. The minimum Gasteiger partial charge on any atom is -0.339 e. The molecule has 1 heterocycles. The van der Waals surface area contributed by atoms with Crippen LogP contribution in [0.5, 0.6) is 0 Å². The van der Waals surface area contributed by atoms with Crippen molar-refractivity contribution in [1.82, 2.24) is 4.90 Å². The number of likely N-dealkylation sites (tertiary alicyclic amines) is 1. The number of aryl methyl sites for hydroxylation is 2. The third kappa shape index (κ3) is 4.50. The first kappa shape index (κ1) is 19.4. The quantitative estimate of drug-likeness (QED) is 0.864. The molecule has 1 N–H and O–H groups in total. The van der Waals surface area contributed by atoms with Gasteiger partial charge in [-0.15, -0.1) is 0 Å². The number of hydrogen-bond donors (Lipinski definition) is 1. The molecular formula is C21H26N2O3S. The molecule has 0 spiro atoms. The monoisotopic (exact) mass is 386 g/mol. The molecule has 1 aliphatic rings. The number of nitrogens with one attached hydrogen (secondary N) is 1. The van der Waals surface area contributed by atoms with Crippen molar-refractivity contribution in [1.29, 1.82) is 0 Å². The van der Waals surface area contributed by atoms with Gasteiger partial charge in [0.15, 0.2) is 0 Å². The molecule has 0 bridgehead atoms. The molecular weight excluding hydrogens is 360 g/mol. The molecule has 1 fully saturated rings. The molecule has 0 aromatic heterocycles. The predicted molar refractivity (Wildman–Crippen MR) is 107 cm³/mol. The highest BCUT2D eigenvalue weighted by Crippen LogP contribution is 2.23. The van der Waals surface area contributed by atoms with Crippen LogP contribution in [0.4, 0.5) is 5.69 Å². The van der Waals surface area contributed by atoms with Gasteiger partial charge in [-0.25, -0.2) is 8.42 Å². The summed E-state index contributed by atoms with van der Waals surface area (Å²) in [5.74, 6) is 0.535. The number of nitrogens with zero attached hydrogens (tertiary/aromatic N) is 1. The molecule has 0 saturated carbocycles. The molecule has 0 aliphatic carbocycles. The highest BCUT2D eigenvalue weighted by Gasteiger charge is 2.24. The van der Waals surface area contributed by atoms with E-state index in [0.717, 1.165) is 37.1 Å². The summed E-state index contributed by atoms with van der Waals surface area (Å²) >= 11 is 0. The number of benzene rings is 2. The largest absolute Gasteiger partial charge is 0.339 e. The van der Waals surface area contributed by atoms with E-state index in [-0.39, 0.29) is 10.8 Å². The Bertz CT molecular complexity index is 946. The third-order valence-corrected chi connectivity index (χ3v) is 6.47. The highest BCUT2D eigenvalue weighted by atomic mass is 32.2. The lowest BCUT2D eigenvalue weighted by molar-refractivity contribution is 0.0696. The lowest BCUT2D eigenvalue weighted by Gasteiger charge is -2.30. The third-order valence-electron chi connectivity index (χ3n) is 5.09. The molecule has 0 radical (unpaired) electrons. The Morgan fingerprint density at radius 2 is 1.78 bits per heavy atom. The van der Waals surface area contributed by atoms with Crippen LogP contribution in [0.25, 0.3) is 0 Å². The summed E-state index contributed by atoms with van der Waals surface area (Å²) < 4.78 is 28.2. The molecule has 1 amide bonds. The number of carbonyl (C=O) groups is 1. The van der Waals surface area contributed by atoms with Crippen molar-refractivity contribution in [3.8, 4) is 0 Å². The van der Waals surface area contributed by atoms with Gasteiger partial charge in [0.2, 0.25) is 0 Å². The molecule has 6 heteroatoms. The minimum atomic E-state index is -3.76. The molecule has 1 saturated heterocycles. The lowest BCUT2D eigenvalue weighted by Crippen LogP contribution is -2.38. The van der Waals surface area contributed by atoms with Gasteiger partial charge in [-0.2, -0.15) is 0 Å². The number of anilines is 1. The van der Waals surface area contributed by atoms with Crippen LogP contribution in [0.2, 0.25) is 0 Å². The molecule has 0 unspecified atom stereocenters. The molecule has 144 valence electrons. The maximum absolute atomic E-state index is 12.9. The maximum Gasteiger partial charge on any atom is 0.261 e. The fraction of sp³-hybridized carbons (Fsp3) is 0.381. The summed E-state index contributed by atoms with van der Waals surface area (Å²) in [7, 11) is -3.76. The Morgan fingerprint density at radius 3 is 2.44 bits per heavy atom. The number of rotatable bonds is 4. The lowest BCUT2D eigenvalue weighted by atomic mass is 9.98. The summed E-state index contributed by atoms with van der Waals surface area (Å²) in [5.41, 5.74) is 2.72. The van der Waals surface area contributed by atoms with Crippen molar-refractivity contribution in [2.24, 2.45) is 5.92 Å². The zero-order valence-electron chi connectivity index (χ0n) is 16.0. The first-order valence-electron chi connectivity index (χ1n) is 9.26. The number of amides is 1. The molecule has 2 aromatic rings. The fourth-order valence-electron chi connectivity index (χ4n) is 3.30. The van der Waals surface area contributed by atoms with E-state index in [1.807, 2.05) is 24.8 Å². The van der Waals surface area contributed by atoms with Gasteiger partial charge in [-0.05, 0) is 68.0 Å². The zero-order chi connectivity index (χ0) is 19.6. The van der Waals surface area contributed by atoms with Crippen molar-refractivity contribution >= 4 is 21.6 Å². The van der Waals surface area contributed by atoms with Crippen LogP contribution in [0.1, 0.15) is 41.3 Å². The van der Waals surface area contributed by atoms with Crippen LogP contribution in [-0.4, -0.2) is 32.3 Å².